The van der Waals surface area contributed by atoms with Crippen LogP contribution in [0, 0.1) is 5.82 Å². The molecular weight excluding hydrogens is 285 g/mol. The van der Waals surface area contributed by atoms with Crippen molar-refractivity contribution < 1.29 is 9.18 Å². The molecule has 2 amide bonds. The molecule has 114 valence electrons. The van der Waals surface area contributed by atoms with Gasteiger partial charge in [0.15, 0.2) is 0 Å². The first-order valence-electron chi connectivity index (χ1n) is 6.56. The van der Waals surface area contributed by atoms with Gasteiger partial charge in [-0.15, -0.1) is 0 Å². The number of halogens is 1. The average molecular weight is 301 g/mol. The molecule has 0 bridgehead atoms. The zero-order valence-corrected chi connectivity index (χ0v) is 12.0. The number of carbonyl (C=O) groups is 1. The SMILES string of the molecule is CN=C(N)c1ccc(NC(=O)NCc2ccc(F)cc2)nc1. The second-order valence-electron chi connectivity index (χ2n) is 4.48. The van der Waals surface area contributed by atoms with Crippen molar-refractivity contribution in [1.82, 2.24) is 10.3 Å². The van der Waals surface area contributed by atoms with Crippen LogP contribution in [0.2, 0.25) is 0 Å². The maximum Gasteiger partial charge on any atom is 0.320 e. The lowest BCUT2D eigenvalue weighted by molar-refractivity contribution is 0.251. The number of nitrogens with one attached hydrogen (secondary N) is 2. The predicted molar refractivity (Wildman–Crippen MR) is 83.1 cm³/mol. The van der Waals surface area contributed by atoms with Gasteiger partial charge in [0.2, 0.25) is 0 Å². The van der Waals surface area contributed by atoms with Crippen molar-refractivity contribution in [3.8, 4) is 0 Å². The molecule has 6 nitrogen and oxygen atoms in total. The molecule has 2 aromatic rings. The number of carbonyl (C=O) groups excluding carboxylic acids is 1. The summed E-state index contributed by atoms with van der Waals surface area (Å²) in [7, 11) is 1.59. The molecule has 0 fully saturated rings. The molecule has 1 aromatic carbocycles. The Morgan fingerprint density at radius 3 is 2.59 bits per heavy atom. The number of amidine groups is 1. The Balaban J connectivity index is 1.87. The lowest BCUT2D eigenvalue weighted by atomic mass is 10.2. The zero-order valence-electron chi connectivity index (χ0n) is 12.0. The number of benzene rings is 1. The third-order valence-corrected chi connectivity index (χ3v) is 2.91. The molecule has 4 N–H and O–H groups in total. The van der Waals surface area contributed by atoms with Crippen molar-refractivity contribution in [2.45, 2.75) is 6.54 Å². The van der Waals surface area contributed by atoms with Gasteiger partial charge in [0, 0.05) is 25.4 Å². The van der Waals surface area contributed by atoms with Crippen LogP contribution in [-0.4, -0.2) is 23.9 Å². The van der Waals surface area contributed by atoms with E-state index in [0.717, 1.165) is 5.56 Å². The third-order valence-electron chi connectivity index (χ3n) is 2.91. The van der Waals surface area contributed by atoms with Gasteiger partial charge in [-0.1, -0.05) is 12.1 Å². The van der Waals surface area contributed by atoms with E-state index in [1.807, 2.05) is 0 Å². The summed E-state index contributed by atoms with van der Waals surface area (Å²) in [5, 5.41) is 5.25. The van der Waals surface area contributed by atoms with Crippen molar-refractivity contribution in [2.24, 2.45) is 10.7 Å². The lowest BCUT2D eigenvalue weighted by Gasteiger charge is -2.07. The number of amides is 2. The van der Waals surface area contributed by atoms with Gasteiger partial charge in [0.1, 0.15) is 17.5 Å². The average Bonchev–Trinajstić information content (AvgIpc) is 2.54. The fraction of sp³-hybridized carbons (Fsp3) is 0.133. The highest BCUT2D eigenvalue weighted by molar-refractivity contribution is 5.97. The summed E-state index contributed by atoms with van der Waals surface area (Å²) in [6, 6.07) is 8.84. The molecule has 2 rings (SSSR count). The molecule has 7 heteroatoms. The van der Waals surface area contributed by atoms with E-state index in [2.05, 4.69) is 20.6 Å². The van der Waals surface area contributed by atoms with E-state index in [1.54, 1.807) is 31.3 Å². The predicted octanol–water partition coefficient (Wildman–Crippen LogP) is 1.88. The van der Waals surface area contributed by atoms with Crippen molar-refractivity contribution in [3.05, 3.63) is 59.5 Å². The summed E-state index contributed by atoms with van der Waals surface area (Å²) in [5.41, 5.74) is 7.13. The first-order valence-corrected chi connectivity index (χ1v) is 6.56. The molecule has 22 heavy (non-hydrogen) atoms. The largest absolute Gasteiger partial charge is 0.383 e. The minimum absolute atomic E-state index is 0.291. The summed E-state index contributed by atoms with van der Waals surface area (Å²) in [5.74, 6) is 0.455. The highest BCUT2D eigenvalue weighted by Gasteiger charge is 2.04. The molecule has 1 aromatic heterocycles. The number of aliphatic imine (C=N–C) groups is 1. The number of rotatable bonds is 4. The van der Waals surface area contributed by atoms with E-state index in [0.29, 0.717) is 23.8 Å². The zero-order chi connectivity index (χ0) is 15.9. The summed E-state index contributed by atoms with van der Waals surface area (Å²) in [6.45, 7) is 0.291. The van der Waals surface area contributed by atoms with Crippen LogP contribution in [0.15, 0.2) is 47.6 Å². The summed E-state index contributed by atoms with van der Waals surface area (Å²) >= 11 is 0. The number of nitrogens with zero attached hydrogens (tertiary/aromatic N) is 2. The summed E-state index contributed by atoms with van der Waals surface area (Å²) in [6.07, 6.45) is 1.53. The quantitative estimate of drug-likeness (QED) is 0.594. The number of aromatic nitrogens is 1. The van der Waals surface area contributed by atoms with Crippen LogP contribution in [0.1, 0.15) is 11.1 Å². The van der Waals surface area contributed by atoms with Gasteiger partial charge >= 0.3 is 6.03 Å². The number of urea groups is 1. The second kappa shape index (κ2) is 7.16. The first-order chi connectivity index (χ1) is 10.6. The topological polar surface area (TPSA) is 92.4 Å². The van der Waals surface area contributed by atoms with Gasteiger partial charge in [0.25, 0.3) is 0 Å². The molecule has 0 unspecified atom stereocenters. The number of hydrogen-bond acceptors (Lipinski definition) is 3. The molecule has 0 aliphatic heterocycles. The minimum atomic E-state index is -0.401. The Morgan fingerprint density at radius 1 is 1.27 bits per heavy atom. The Bertz CT molecular complexity index is 667. The Morgan fingerprint density at radius 2 is 2.00 bits per heavy atom. The smallest absolute Gasteiger partial charge is 0.320 e. The van der Waals surface area contributed by atoms with Gasteiger partial charge in [-0.3, -0.25) is 10.3 Å². The van der Waals surface area contributed by atoms with Crippen LogP contribution in [-0.2, 0) is 6.54 Å². The molecular formula is C15H16FN5O. The number of anilines is 1. The summed E-state index contributed by atoms with van der Waals surface area (Å²) < 4.78 is 12.8. The van der Waals surface area contributed by atoms with Gasteiger partial charge < -0.3 is 11.1 Å². The Labute approximate surface area is 127 Å². The summed E-state index contributed by atoms with van der Waals surface area (Å²) in [4.78, 5) is 19.7. The Hall–Kier alpha value is -2.96. The third kappa shape index (κ3) is 4.27. The van der Waals surface area contributed by atoms with Crippen LogP contribution in [0.25, 0.3) is 0 Å². The van der Waals surface area contributed by atoms with E-state index in [1.165, 1.54) is 18.3 Å². The highest BCUT2D eigenvalue weighted by atomic mass is 19.1. The fourth-order valence-electron chi connectivity index (χ4n) is 1.69. The molecule has 0 spiro atoms. The number of pyridine rings is 1. The van der Waals surface area contributed by atoms with Crippen molar-refractivity contribution in [3.63, 3.8) is 0 Å². The van der Waals surface area contributed by atoms with Gasteiger partial charge in [-0.2, -0.15) is 0 Å². The normalized spacial score (nSPS) is 11.1. The second-order valence-corrected chi connectivity index (χ2v) is 4.48. The number of hydrogen-bond donors (Lipinski definition) is 3. The van der Waals surface area contributed by atoms with E-state index < -0.39 is 6.03 Å². The van der Waals surface area contributed by atoms with Crippen molar-refractivity contribution >= 4 is 17.7 Å². The molecule has 1 heterocycles. The number of nitrogens with two attached hydrogens (primary N) is 1. The van der Waals surface area contributed by atoms with Crippen LogP contribution < -0.4 is 16.4 Å². The first kappa shape index (κ1) is 15.4. The van der Waals surface area contributed by atoms with E-state index in [9.17, 15) is 9.18 Å². The minimum Gasteiger partial charge on any atom is -0.383 e. The highest BCUT2D eigenvalue weighted by Crippen LogP contribution is 2.05. The molecule has 0 aliphatic carbocycles. The van der Waals surface area contributed by atoms with Crippen LogP contribution >= 0.6 is 0 Å². The van der Waals surface area contributed by atoms with Crippen molar-refractivity contribution in [2.75, 3.05) is 12.4 Å². The standard InChI is InChI=1S/C15H16FN5O/c1-18-14(17)11-4-7-13(19-9-11)21-15(22)20-8-10-2-5-12(16)6-3-10/h2-7,9H,8H2,1H3,(H2,17,18)(H2,19,20,21,22). The molecule has 0 aliphatic rings. The van der Waals surface area contributed by atoms with Crippen LogP contribution in [0.3, 0.4) is 0 Å². The van der Waals surface area contributed by atoms with Gasteiger partial charge in [-0.25, -0.2) is 14.2 Å². The van der Waals surface area contributed by atoms with Crippen molar-refractivity contribution in [1.29, 1.82) is 0 Å². The van der Waals surface area contributed by atoms with Crippen LogP contribution in [0.4, 0.5) is 15.0 Å². The lowest BCUT2D eigenvalue weighted by Crippen LogP contribution is -2.28. The van der Waals surface area contributed by atoms with E-state index in [-0.39, 0.29) is 5.82 Å². The Kier molecular flexibility index (Phi) is 5.02. The maximum atomic E-state index is 12.8. The van der Waals surface area contributed by atoms with Gasteiger partial charge in [0.05, 0.1) is 0 Å². The van der Waals surface area contributed by atoms with E-state index >= 15 is 0 Å². The van der Waals surface area contributed by atoms with Gasteiger partial charge in [-0.05, 0) is 29.8 Å². The maximum absolute atomic E-state index is 12.8. The molecule has 0 saturated carbocycles. The monoisotopic (exact) mass is 301 g/mol. The van der Waals surface area contributed by atoms with Crippen LogP contribution in [0.5, 0.6) is 0 Å². The molecule has 0 saturated heterocycles. The molecule has 0 atom stereocenters. The molecule has 0 radical (unpaired) electrons. The van der Waals surface area contributed by atoms with E-state index in [4.69, 9.17) is 5.73 Å². The fourth-order valence-corrected chi connectivity index (χ4v) is 1.69.